The molecule has 0 fully saturated rings. The van der Waals surface area contributed by atoms with Gasteiger partial charge in [0.05, 0.1) is 23.2 Å². The van der Waals surface area contributed by atoms with E-state index in [1.54, 1.807) is 37.3 Å². The summed E-state index contributed by atoms with van der Waals surface area (Å²) in [6.07, 6.45) is 2.18. The molecular formula is C19H21NO3S. The second kappa shape index (κ2) is 6.79. The second-order valence-corrected chi connectivity index (χ2v) is 7.95. The Labute approximate surface area is 143 Å². The first-order valence-electron chi connectivity index (χ1n) is 8.03. The van der Waals surface area contributed by atoms with Crippen LogP contribution < -0.4 is 4.31 Å². The zero-order valence-electron chi connectivity index (χ0n) is 13.6. The predicted molar refractivity (Wildman–Crippen MR) is 97.1 cm³/mol. The lowest BCUT2D eigenvalue weighted by Crippen LogP contribution is -2.37. The number of para-hydroxylation sites is 1. The van der Waals surface area contributed by atoms with Crippen molar-refractivity contribution in [2.45, 2.75) is 25.9 Å². The third kappa shape index (κ3) is 3.37. The number of aliphatic hydroxyl groups is 1. The number of aliphatic hydroxyl groups excluding tert-OH is 1. The number of allylic oxidation sites excluding steroid dienone is 1. The van der Waals surface area contributed by atoms with E-state index in [2.05, 4.69) is 0 Å². The Bertz CT molecular complexity index is 842. The van der Waals surface area contributed by atoms with Crippen LogP contribution in [0.3, 0.4) is 0 Å². The summed E-state index contributed by atoms with van der Waals surface area (Å²) in [6, 6.07) is 16.8. The molecule has 3 rings (SSSR count). The van der Waals surface area contributed by atoms with Crippen molar-refractivity contribution in [3.05, 3.63) is 70.6 Å². The molecule has 0 aromatic heterocycles. The number of hydrogen-bond donors (Lipinski definition) is 1. The van der Waals surface area contributed by atoms with E-state index in [-0.39, 0.29) is 6.54 Å². The van der Waals surface area contributed by atoms with Crippen molar-refractivity contribution < 1.29 is 13.5 Å². The lowest BCUT2D eigenvalue weighted by atomic mass is 9.98. The van der Waals surface area contributed by atoms with E-state index in [1.807, 2.05) is 30.3 Å². The van der Waals surface area contributed by atoms with Crippen molar-refractivity contribution in [1.29, 1.82) is 0 Å². The quantitative estimate of drug-likeness (QED) is 0.907. The number of anilines is 1. The minimum absolute atomic E-state index is 0.0331. The van der Waals surface area contributed by atoms with Crippen molar-refractivity contribution in [2.75, 3.05) is 10.8 Å². The number of nitrogens with zero attached hydrogens (tertiary/aromatic N) is 1. The highest BCUT2D eigenvalue weighted by Crippen LogP contribution is 2.31. The monoisotopic (exact) mass is 343 g/mol. The summed E-state index contributed by atoms with van der Waals surface area (Å²) >= 11 is 0. The van der Waals surface area contributed by atoms with Crippen molar-refractivity contribution in [3.8, 4) is 0 Å². The van der Waals surface area contributed by atoms with Crippen LogP contribution in [0.4, 0.5) is 5.69 Å². The van der Waals surface area contributed by atoms with Crippen LogP contribution in [-0.4, -0.2) is 26.2 Å². The van der Waals surface area contributed by atoms with Gasteiger partial charge in [-0.1, -0.05) is 42.5 Å². The molecule has 1 N–H and O–H groups in total. The molecule has 126 valence electrons. The summed E-state index contributed by atoms with van der Waals surface area (Å²) in [7, 11) is -3.68. The van der Waals surface area contributed by atoms with Gasteiger partial charge in [-0.25, -0.2) is 8.42 Å². The highest BCUT2D eigenvalue weighted by atomic mass is 32.2. The van der Waals surface area contributed by atoms with Crippen molar-refractivity contribution in [3.63, 3.8) is 0 Å². The van der Waals surface area contributed by atoms with E-state index in [0.717, 1.165) is 5.56 Å². The van der Waals surface area contributed by atoms with E-state index >= 15 is 0 Å². The molecule has 0 saturated carbocycles. The average molecular weight is 343 g/mol. The predicted octanol–water partition coefficient (Wildman–Crippen LogP) is 3.19. The molecule has 0 saturated heterocycles. The van der Waals surface area contributed by atoms with Gasteiger partial charge in [0.1, 0.15) is 0 Å². The van der Waals surface area contributed by atoms with Crippen LogP contribution in [0, 0.1) is 0 Å². The number of benzene rings is 2. The Morgan fingerprint density at radius 1 is 1.04 bits per heavy atom. The van der Waals surface area contributed by atoms with Gasteiger partial charge in [-0.3, -0.25) is 4.31 Å². The standard InChI is InChI=1S/C19H21NO3S/c1-15(21)14-20(18-9-3-2-4-10-18)24(22,23)19-12-11-16-7-5-6-8-17(16)13-19/h2-10,13,15,21H,11-12,14H2,1H3/t15-/m1/s1. The summed E-state index contributed by atoms with van der Waals surface area (Å²) in [5.41, 5.74) is 2.68. The number of sulfonamides is 1. The van der Waals surface area contributed by atoms with Gasteiger partial charge in [-0.15, -0.1) is 0 Å². The maximum atomic E-state index is 13.2. The zero-order chi connectivity index (χ0) is 17.2. The van der Waals surface area contributed by atoms with Crippen molar-refractivity contribution >= 4 is 21.8 Å². The Hall–Kier alpha value is -2.11. The largest absolute Gasteiger partial charge is 0.392 e. The maximum Gasteiger partial charge on any atom is 0.260 e. The van der Waals surface area contributed by atoms with Crippen LogP contribution in [0.2, 0.25) is 0 Å². The van der Waals surface area contributed by atoms with Gasteiger partial charge >= 0.3 is 0 Å². The minimum Gasteiger partial charge on any atom is -0.392 e. The van der Waals surface area contributed by atoms with Crippen LogP contribution >= 0.6 is 0 Å². The lowest BCUT2D eigenvalue weighted by Gasteiger charge is -2.28. The van der Waals surface area contributed by atoms with Gasteiger partial charge in [-0.2, -0.15) is 0 Å². The summed E-state index contributed by atoms with van der Waals surface area (Å²) < 4.78 is 27.7. The minimum atomic E-state index is -3.68. The van der Waals surface area contributed by atoms with E-state index in [1.165, 1.54) is 9.87 Å². The summed E-state index contributed by atoms with van der Waals surface area (Å²) in [5, 5.41) is 9.78. The number of hydrogen-bond acceptors (Lipinski definition) is 3. The molecule has 24 heavy (non-hydrogen) atoms. The number of aryl methyl sites for hydroxylation is 1. The van der Waals surface area contributed by atoms with E-state index in [4.69, 9.17) is 0 Å². The zero-order valence-corrected chi connectivity index (χ0v) is 14.4. The highest BCUT2D eigenvalue weighted by Gasteiger charge is 2.29. The first kappa shape index (κ1) is 16.7. The molecule has 1 aliphatic rings. The Balaban J connectivity index is 2.02. The number of fused-ring (bicyclic) bond motifs is 1. The smallest absolute Gasteiger partial charge is 0.260 e. The molecule has 2 aromatic rings. The molecule has 0 unspecified atom stereocenters. The molecule has 0 heterocycles. The summed E-state index contributed by atoms with van der Waals surface area (Å²) in [4.78, 5) is 0.394. The summed E-state index contributed by atoms with van der Waals surface area (Å²) in [6.45, 7) is 1.63. The molecule has 0 amide bonds. The van der Waals surface area contributed by atoms with E-state index in [0.29, 0.717) is 23.4 Å². The maximum absolute atomic E-state index is 13.2. The fourth-order valence-corrected chi connectivity index (χ4v) is 4.66. The van der Waals surface area contributed by atoms with Gasteiger partial charge in [0, 0.05) is 0 Å². The van der Waals surface area contributed by atoms with Crippen LogP contribution in [0.1, 0.15) is 24.5 Å². The molecule has 4 nitrogen and oxygen atoms in total. The SMILES string of the molecule is C[C@@H](O)CN(c1ccccc1)S(=O)(=O)C1=Cc2ccccc2CC1. The van der Waals surface area contributed by atoms with Crippen molar-refractivity contribution in [2.24, 2.45) is 0 Å². The normalized spacial score (nSPS) is 15.3. The van der Waals surface area contributed by atoms with Crippen LogP contribution in [0.5, 0.6) is 0 Å². The molecular weight excluding hydrogens is 322 g/mol. The second-order valence-electron chi connectivity index (χ2n) is 6.03. The van der Waals surface area contributed by atoms with Gasteiger partial charge in [-0.05, 0) is 49.1 Å². The Kier molecular flexibility index (Phi) is 4.73. The molecule has 1 aliphatic carbocycles. The van der Waals surface area contributed by atoms with E-state index < -0.39 is 16.1 Å². The molecule has 0 radical (unpaired) electrons. The molecule has 2 aromatic carbocycles. The van der Waals surface area contributed by atoms with Crippen LogP contribution in [0.15, 0.2) is 59.5 Å². The van der Waals surface area contributed by atoms with Gasteiger partial charge < -0.3 is 5.11 Å². The van der Waals surface area contributed by atoms with Crippen molar-refractivity contribution in [1.82, 2.24) is 0 Å². The Morgan fingerprint density at radius 3 is 2.42 bits per heavy atom. The molecule has 0 spiro atoms. The van der Waals surface area contributed by atoms with Gasteiger partial charge in [0.25, 0.3) is 10.0 Å². The molecule has 0 aliphatic heterocycles. The van der Waals surface area contributed by atoms with Gasteiger partial charge in [0.15, 0.2) is 0 Å². The third-order valence-corrected chi connectivity index (χ3v) is 6.03. The Morgan fingerprint density at radius 2 is 1.71 bits per heavy atom. The molecule has 5 heteroatoms. The average Bonchev–Trinajstić information content (AvgIpc) is 2.59. The lowest BCUT2D eigenvalue weighted by molar-refractivity contribution is 0.204. The van der Waals surface area contributed by atoms with Gasteiger partial charge in [0.2, 0.25) is 0 Å². The first-order chi connectivity index (χ1) is 11.5. The molecule has 1 atom stereocenters. The van der Waals surface area contributed by atoms with Crippen LogP contribution in [0.25, 0.3) is 6.08 Å². The molecule has 0 bridgehead atoms. The highest BCUT2D eigenvalue weighted by molar-refractivity contribution is 7.96. The fourth-order valence-electron chi connectivity index (χ4n) is 2.93. The fraction of sp³-hybridized carbons (Fsp3) is 0.263. The summed E-state index contributed by atoms with van der Waals surface area (Å²) in [5.74, 6) is 0. The number of rotatable bonds is 5. The first-order valence-corrected chi connectivity index (χ1v) is 9.47. The third-order valence-electron chi connectivity index (χ3n) is 4.11. The van der Waals surface area contributed by atoms with Crippen LogP contribution in [-0.2, 0) is 16.4 Å². The van der Waals surface area contributed by atoms with E-state index in [9.17, 15) is 13.5 Å². The topological polar surface area (TPSA) is 57.6 Å².